The molecule has 48 valence electrons. The molecule has 0 bridgehead atoms. The molecule has 9 heavy (non-hydrogen) atoms. The zero-order valence-corrected chi connectivity index (χ0v) is 9.14. The molecule has 1 atom stereocenters. The third-order valence-electron chi connectivity index (χ3n) is 1.43. The predicted molar refractivity (Wildman–Crippen MR) is 31.6 cm³/mol. The van der Waals surface area contributed by atoms with Gasteiger partial charge < -0.3 is 9.22 Å². The van der Waals surface area contributed by atoms with Gasteiger partial charge in [-0.15, -0.1) is 0 Å². The van der Waals surface area contributed by atoms with Crippen molar-refractivity contribution in [3.8, 4) is 0 Å². The minimum atomic E-state index is -2.34. The fourth-order valence-electron chi connectivity index (χ4n) is 0.908. The van der Waals surface area contributed by atoms with Gasteiger partial charge in [0.15, 0.2) is 0 Å². The number of hydrogen-bond donors (Lipinski definition) is 0. The minimum Gasteiger partial charge on any atom is -0.838 e. The molecule has 0 aromatic rings. The van der Waals surface area contributed by atoms with Crippen molar-refractivity contribution < 1.29 is 38.8 Å². The largest absolute Gasteiger partial charge is 1.00 e. The maximum atomic E-state index is 11.0. The van der Waals surface area contributed by atoms with Crippen LogP contribution in [0.3, 0.4) is 0 Å². The van der Waals surface area contributed by atoms with Gasteiger partial charge in [-0.25, -0.2) is 0 Å². The predicted octanol–water partition coefficient (Wildman–Crippen LogP) is -2.77. The summed E-state index contributed by atoms with van der Waals surface area (Å²) >= 11 is 0. The Labute approximate surface area is 79.1 Å². The first-order valence-corrected chi connectivity index (χ1v) is 5.57. The van der Waals surface area contributed by atoms with Crippen LogP contribution in [0.25, 0.3) is 0 Å². The van der Waals surface area contributed by atoms with Crippen molar-refractivity contribution in [3.05, 3.63) is 0 Å². The Hall–Kier alpha value is 1.14. The maximum Gasteiger partial charge on any atom is 1.00 e. The molecular formula is C5H11NaO2Si. The van der Waals surface area contributed by atoms with Gasteiger partial charge in [0.1, 0.15) is 0 Å². The molecule has 1 rings (SSSR count). The molecule has 0 N–H and O–H groups in total. The van der Waals surface area contributed by atoms with Gasteiger partial charge in [0.25, 0.3) is 0 Å². The third-order valence-corrected chi connectivity index (χ3v) is 3.51. The first-order valence-electron chi connectivity index (χ1n) is 3.05. The summed E-state index contributed by atoms with van der Waals surface area (Å²) in [5.74, 6) is 0. The Balaban J connectivity index is 0.000000640. The van der Waals surface area contributed by atoms with E-state index in [0.717, 1.165) is 18.9 Å². The molecule has 1 unspecified atom stereocenters. The van der Waals surface area contributed by atoms with Crippen LogP contribution in [0.1, 0.15) is 12.8 Å². The van der Waals surface area contributed by atoms with Gasteiger partial charge in [0, 0.05) is 6.61 Å². The fourth-order valence-corrected chi connectivity index (χ4v) is 2.52. The van der Waals surface area contributed by atoms with Crippen molar-refractivity contribution in [1.29, 1.82) is 0 Å². The summed E-state index contributed by atoms with van der Waals surface area (Å²) in [6.07, 6.45) is 2.18. The van der Waals surface area contributed by atoms with Gasteiger partial charge >= 0.3 is 29.6 Å². The van der Waals surface area contributed by atoms with Crippen molar-refractivity contribution in [2.24, 2.45) is 0 Å². The van der Waals surface area contributed by atoms with E-state index in [9.17, 15) is 4.80 Å². The van der Waals surface area contributed by atoms with Gasteiger partial charge in [0.2, 0.25) is 0 Å². The molecule has 2 nitrogen and oxygen atoms in total. The molecule has 1 heterocycles. The van der Waals surface area contributed by atoms with E-state index in [1.807, 2.05) is 0 Å². The van der Waals surface area contributed by atoms with Crippen LogP contribution in [-0.4, -0.2) is 15.2 Å². The molecule has 1 aliphatic rings. The SMILES string of the molecule is C[Si]1([O-])CCCCO1.[Na+]. The smallest absolute Gasteiger partial charge is 0.838 e. The van der Waals surface area contributed by atoms with E-state index < -0.39 is 8.56 Å². The zero-order valence-electron chi connectivity index (χ0n) is 6.14. The molecule has 0 saturated carbocycles. The summed E-state index contributed by atoms with van der Waals surface area (Å²) in [4.78, 5) is 11.0. The molecule has 0 aromatic heterocycles. The third kappa shape index (κ3) is 3.75. The zero-order chi connectivity index (χ0) is 6.04. The summed E-state index contributed by atoms with van der Waals surface area (Å²) in [6.45, 7) is 2.46. The average molecular weight is 154 g/mol. The molecule has 0 spiro atoms. The first kappa shape index (κ1) is 10.1. The van der Waals surface area contributed by atoms with Crippen LogP contribution in [0.2, 0.25) is 12.6 Å². The maximum absolute atomic E-state index is 11.0. The monoisotopic (exact) mass is 154 g/mol. The average Bonchev–Trinajstić information content (AvgIpc) is 1.65. The molecule has 0 aromatic carbocycles. The van der Waals surface area contributed by atoms with E-state index in [-0.39, 0.29) is 29.6 Å². The summed E-state index contributed by atoms with van der Waals surface area (Å²) in [5, 5.41) is 0. The summed E-state index contributed by atoms with van der Waals surface area (Å²) in [5.41, 5.74) is 0. The van der Waals surface area contributed by atoms with Gasteiger partial charge in [-0.3, -0.25) is 0 Å². The van der Waals surface area contributed by atoms with E-state index in [1.54, 1.807) is 6.55 Å². The van der Waals surface area contributed by atoms with Crippen molar-refractivity contribution in [2.45, 2.75) is 25.4 Å². The second-order valence-corrected chi connectivity index (χ2v) is 5.50. The van der Waals surface area contributed by atoms with Crippen LogP contribution in [0.4, 0.5) is 0 Å². The molecule has 0 aliphatic carbocycles. The van der Waals surface area contributed by atoms with Crippen molar-refractivity contribution >= 4 is 8.56 Å². The topological polar surface area (TPSA) is 32.3 Å². The van der Waals surface area contributed by atoms with Gasteiger partial charge in [-0.05, 0) is 12.5 Å². The Kier molecular flexibility index (Phi) is 4.63. The Morgan fingerprint density at radius 3 is 2.33 bits per heavy atom. The van der Waals surface area contributed by atoms with E-state index in [0.29, 0.717) is 6.61 Å². The molecular weight excluding hydrogens is 143 g/mol. The summed E-state index contributed by atoms with van der Waals surface area (Å²) in [6, 6.07) is 0.812. The normalized spacial score (nSPS) is 35.3. The van der Waals surface area contributed by atoms with Gasteiger partial charge in [-0.2, -0.15) is 0 Å². The van der Waals surface area contributed by atoms with Crippen LogP contribution in [0, 0.1) is 0 Å². The molecule has 1 fully saturated rings. The molecule has 0 amide bonds. The molecule has 1 saturated heterocycles. The quantitative estimate of drug-likeness (QED) is 0.354. The van der Waals surface area contributed by atoms with Crippen LogP contribution >= 0.6 is 0 Å². The molecule has 0 radical (unpaired) electrons. The second kappa shape index (κ2) is 4.11. The van der Waals surface area contributed by atoms with Crippen LogP contribution in [0.15, 0.2) is 0 Å². The van der Waals surface area contributed by atoms with Gasteiger partial charge in [0.05, 0.1) is 8.56 Å². The van der Waals surface area contributed by atoms with Crippen molar-refractivity contribution in [3.63, 3.8) is 0 Å². The van der Waals surface area contributed by atoms with Crippen molar-refractivity contribution in [2.75, 3.05) is 6.61 Å². The minimum absolute atomic E-state index is 0. The van der Waals surface area contributed by atoms with Crippen LogP contribution in [-0.2, 0) is 4.43 Å². The Morgan fingerprint density at radius 2 is 2.11 bits per heavy atom. The standard InChI is InChI=1S/C5H11O2Si.Na/c1-8(6)5-3-2-4-7-8;/h2-5H2,1H3;/q-1;+1. The fraction of sp³-hybridized carbons (Fsp3) is 1.00. The number of rotatable bonds is 0. The first-order chi connectivity index (χ1) is 3.71. The van der Waals surface area contributed by atoms with Crippen LogP contribution in [0.5, 0.6) is 0 Å². The van der Waals surface area contributed by atoms with Gasteiger partial charge in [-0.1, -0.05) is 13.0 Å². The summed E-state index contributed by atoms with van der Waals surface area (Å²) < 4.78 is 5.05. The van der Waals surface area contributed by atoms with Crippen LogP contribution < -0.4 is 34.4 Å². The second-order valence-electron chi connectivity index (χ2n) is 2.44. The molecule has 4 heteroatoms. The summed E-state index contributed by atoms with van der Waals surface area (Å²) in [7, 11) is -2.34. The van der Waals surface area contributed by atoms with Crippen molar-refractivity contribution in [1.82, 2.24) is 0 Å². The van der Waals surface area contributed by atoms with E-state index in [2.05, 4.69) is 0 Å². The van der Waals surface area contributed by atoms with E-state index >= 15 is 0 Å². The molecule has 1 aliphatic heterocycles. The Morgan fingerprint density at radius 1 is 1.44 bits per heavy atom. The number of hydrogen-bond acceptors (Lipinski definition) is 2. The van der Waals surface area contributed by atoms with E-state index in [1.165, 1.54) is 0 Å². The Bertz CT molecular complexity index is 79.0. The van der Waals surface area contributed by atoms with E-state index in [4.69, 9.17) is 4.43 Å².